The predicted octanol–water partition coefficient (Wildman–Crippen LogP) is 1.72. The average molecular weight is 494 g/mol. The van der Waals surface area contributed by atoms with Gasteiger partial charge in [0.15, 0.2) is 0 Å². The van der Waals surface area contributed by atoms with Gasteiger partial charge in [-0.15, -0.1) is 0 Å². The van der Waals surface area contributed by atoms with Gasteiger partial charge in [0.25, 0.3) is 0 Å². The number of likely N-dealkylation sites (tertiary alicyclic amines) is 1. The van der Waals surface area contributed by atoms with Crippen LogP contribution in [0.25, 0.3) is 0 Å². The van der Waals surface area contributed by atoms with Gasteiger partial charge in [0.05, 0.1) is 26.3 Å². The van der Waals surface area contributed by atoms with E-state index < -0.39 is 47.8 Å². The molecule has 11 nitrogen and oxygen atoms in total. The van der Waals surface area contributed by atoms with E-state index in [1.54, 1.807) is 32.9 Å². The predicted molar refractivity (Wildman–Crippen MR) is 125 cm³/mol. The number of esters is 1. The van der Waals surface area contributed by atoms with Crippen LogP contribution < -0.4 is 10.6 Å². The van der Waals surface area contributed by atoms with E-state index in [-0.39, 0.29) is 19.8 Å². The van der Waals surface area contributed by atoms with E-state index in [0.717, 1.165) is 5.56 Å². The molecule has 0 aromatic heterocycles. The van der Waals surface area contributed by atoms with Gasteiger partial charge in [0.1, 0.15) is 24.3 Å². The molecule has 1 aliphatic heterocycles. The van der Waals surface area contributed by atoms with Crippen LogP contribution in [0.3, 0.4) is 0 Å². The summed E-state index contributed by atoms with van der Waals surface area (Å²) in [6.07, 6.45) is -0.229. The summed E-state index contributed by atoms with van der Waals surface area (Å²) in [6.45, 7) is 4.33. The molecule has 1 aliphatic rings. The lowest BCUT2D eigenvalue weighted by Gasteiger charge is -2.41. The lowest BCUT2D eigenvalue weighted by atomic mass is 9.94. The second-order valence-electron chi connectivity index (χ2n) is 9.19. The zero-order valence-corrected chi connectivity index (χ0v) is 20.6. The summed E-state index contributed by atoms with van der Waals surface area (Å²) < 4.78 is 15.3. The van der Waals surface area contributed by atoms with Crippen LogP contribution in [0.1, 0.15) is 45.6 Å². The number of piperidine rings is 1. The molecule has 0 aliphatic carbocycles. The SMILES string of the molecule is COC(=O)[C@@H]1CCC[C@H](CO)N1C(=O)[C@H](CNC(=O)OCc1ccccc1)NC(=O)OC(C)(C)C. The van der Waals surface area contributed by atoms with Gasteiger partial charge in [0, 0.05) is 0 Å². The van der Waals surface area contributed by atoms with Crippen LogP contribution in [0, 0.1) is 0 Å². The van der Waals surface area contributed by atoms with E-state index in [2.05, 4.69) is 10.6 Å². The number of carbonyl (C=O) groups is 4. The van der Waals surface area contributed by atoms with Gasteiger partial charge in [-0.25, -0.2) is 14.4 Å². The average Bonchev–Trinajstić information content (AvgIpc) is 2.83. The number of aliphatic hydroxyl groups is 1. The zero-order valence-electron chi connectivity index (χ0n) is 20.6. The third kappa shape index (κ3) is 8.75. The molecular formula is C24H35N3O8. The lowest BCUT2D eigenvalue weighted by Crippen LogP contribution is -2.62. The van der Waals surface area contributed by atoms with E-state index in [4.69, 9.17) is 14.2 Å². The molecule has 11 heteroatoms. The number of methoxy groups -OCH3 is 1. The minimum Gasteiger partial charge on any atom is -0.467 e. The van der Waals surface area contributed by atoms with E-state index in [9.17, 15) is 24.3 Å². The Kier molecular flexibility index (Phi) is 10.3. The Labute approximate surface area is 205 Å². The number of alkyl carbamates (subject to hydrolysis) is 2. The third-order valence-corrected chi connectivity index (χ3v) is 5.33. The van der Waals surface area contributed by atoms with Crippen molar-refractivity contribution in [3.05, 3.63) is 35.9 Å². The number of benzene rings is 1. The molecule has 0 bridgehead atoms. The molecule has 0 radical (unpaired) electrons. The van der Waals surface area contributed by atoms with Crippen LogP contribution in [-0.2, 0) is 30.4 Å². The number of nitrogens with zero attached hydrogens (tertiary/aromatic N) is 1. The molecule has 2 rings (SSSR count). The molecule has 0 saturated carbocycles. The molecule has 1 aromatic carbocycles. The number of aliphatic hydroxyl groups excluding tert-OH is 1. The first-order valence-corrected chi connectivity index (χ1v) is 11.5. The minimum absolute atomic E-state index is 0.0217. The highest BCUT2D eigenvalue weighted by molar-refractivity contribution is 5.90. The third-order valence-electron chi connectivity index (χ3n) is 5.33. The number of nitrogens with one attached hydrogen (secondary N) is 2. The summed E-state index contributed by atoms with van der Waals surface area (Å²) in [6, 6.07) is 6.19. The highest BCUT2D eigenvalue weighted by Gasteiger charge is 2.42. The summed E-state index contributed by atoms with van der Waals surface area (Å²) in [4.78, 5) is 51.8. The first-order chi connectivity index (χ1) is 16.6. The van der Waals surface area contributed by atoms with Crippen molar-refractivity contribution in [2.45, 2.75) is 70.4 Å². The van der Waals surface area contributed by atoms with Crippen molar-refractivity contribution in [2.75, 3.05) is 20.3 Å². The number of rotatable bonds is 8. The molecule has 35 heavy (non-hydrogen) atoms. The number of amides is 3. The Bertz CT molecular complexity index is 871. The maximum Gasteiger partial charge on any atom is 0.408 e. The molecule has 0 unspecified atom stereocenters. The largest absolute Gasteiger partial charge is 0.467 e. The summed E-state index contributed by atoms with van der Waals surface area (Å²) >= 11 is 0. The highest BCUT2D eigenvalue weighted by Crippen LogP contribution is 2.25. The summed E-state index contributed by atoms with van der Waals surface area (Å²) in [5.74, 6) is -1.28. The Morgan fingerprint density at radius 1 is 1.11 bits per heavy atom. The van der Waals surface area contributed by atoms with Crippen LogP contribution in [-0.4, -0.2) is 78.1 Å². The van der Waals surface area contributed by atoms with E-state index in [1.807, 2.05) is 18.2 Å². The van der Waals surface area contributed by atoms with Gasteiger partial charge in [0.2, 0.25) is 5.91 Å². The van der Waals surface area contributed by atoms with E-state index in [0.29, 0.717) is 19.3 Å². The van der Waals surface area contributed by atoms with Crippen molar-refractivity contribution in [3.63, 3.8) is 0 Å². The quantitative estimate of drug-likeness (QED) is 0.367. The first kappa shape index (κ1) is 27.9. The topological polar surface area (TPSA) is 144 Å². The summed E-state index contributed by atoms with van der Waals surface area (Å²) in [7, 11) is 1.22. The fraction of sp³-hybridized carbons (Fsp3) is 0.583. The molecule has 1 saturated heterocycles. The number of ether oxygens (including phenoxy) is 3. The van der Waals surface area contributed by atoms with Gasteiger partial charge in [-0.05, 0) is 45.6 Å². The maximum atomic E-state index is 13.5. The Hall–Kier alpha value is -3.34. The Morgan fingerprint density at radius 2 is 1.80 bits per heavy atom. The van der Waals surface area contributed by atoms with Crippen molar-refractivity contribution >= 4 is 24.1 Å². The van der Waals surface area contributed by atoms with Crippen molar-refractivity contribution in [1.29, 1.82) is 0 Å². The van der Waals surface area contributed by atoms with Gasteiger partial charge >= 0.3 is 18.2 Å². The van der Waals surface area contributed by atoms with E-state index in [1.165, 1.54) is 12.0 Å². The van der Waals surface area contributed by atoms with Crippen LogP contribution >= 0.6 is 0 Å². The second-order valence-corrected chi connectivity index (χ2v) is 9.19. The van der Waals surface area contributed by atoms with Crippen molar-refractivity contribution in [2.24, 2.45) is 0 Å². The molecular weight excluding hydrogens is 458 g/mol. The highest BCUT2D eigenvalue weighted by atomic mass is 16.6. The maximum absolute atomic E-state index is 13.5. The standard InChI is InChI=1S/C24H35N3O8/c1-24(2,3)35-23(32)26-18(13-25-22(31)34-15-16-9-6-5-7-10-16)20(29)27-17(14-28)11-8-12-19(27)21(30)33-4/h5-7,9-10,17-19,28H,8,11-15H2,1-4H3,(H,25,31)(H,26,32)/t17-,18+,19+/m1/s1. The van der Waals surface area contributed by atoms with Crippen LogP contribution in [0.5, 0.6) is 0 Å². The number of hydrogen-bond donors (Lipinski definition) is 3. The monoisotopic (exact) mass is 493 g/mol. The Morgan fingerprint density at radius 3 is 2.40 bits per heavy atom. The van der Waals surface area contributed by atoms with Crippen molar-refractivity contribution in [1.82, 2.24) is 15.5 Å². The van der Waals surface area contributed by atoms with Gasteiger partial charge < -0.3 is 34.9 Å². The lowest BCUT2D eigenvalue weighted by molar-refractivity contribution is -0.159. The molecule has 3 N–H and O–H groups in total. The van der Waals surface area contributed by atoms with Crippen LogP contribution in [0.2, 0.25) is 0 Å². The van der Waals surface area contributed by atoms with Crippen molar-refractivity contribution < 1.29 is 38.5 Å². The minimum atomic E-state index is -1.28. The molecule has 3 atom stereocenters. The smallest absolute Gasteiger partial charge is 0.408 e. The van der Waals surface area contributed by atoms with Crippen LogP contribution in [0.15, 0.2) is 30.3 Å². The summed E-state index contributed by atoms with van der Waals surface area (Å²) in [5, 5.41) is 14.8. The molecule has 3 amide bonds. The number of carbonyl (C=O) groups excluding carboxylic acids is 4. The second kappa shape index (κ2) is 12.9. The Balaban J connectivity index is 2.16. The normalized spacial score (nSPS) is 18.7. The van der Waals surface area contributed by atoms with Gasteiger partial charge in [-0.1, -0.05) is 30.3 Å². The molecule has 0 spiro atoms. The zero-order chi connectivity index (χ0) is 26.0. The summed E-state index contributed by atoms with van der Waals surface area (Å²) in [5.41, 5.74) is -0.0466. The molecule has 1 aromatic rings. The molecule has 194 valence electrons. The number of hydrogen-bond acceptors (Lipinski definition) is 8. The fourth-order valence-corrected chi connectivity index (χ4v) is 3.75. The van der Waals surface area contributed by atoms with Crippen LogP contribution in [0.4, 0.5) is 9.59 Å². The molecule has 1 heterocycles. The van der Waals surface area contributed by atoms with Gasteiger partial charge in [-0.3, -0.25) is 4.79 Å². The molecule has 1 fully saturated rings. The fourth-order valence-electron chi connectivity index (χ4n) is 3.75. The van der Waals surface area contributed by atoms with Crippen molar-refractivity contribution in [3.8, 4) is 0 Å². The van der Waals surface area contributed by atoms with E-state index >= 15 is 0 Å². The first-order valence-electron chi connectivity index (χ1n) is 11.5. The van der Waals surface area contributed by atoms with Gasteiger partial charge in [-0.2, -0.15) is 0 Å².